The maximum atomic E-state index is 12.9. The summed E-state index contributed by atoms with van der Waals surface area (Å²) in [4.78, 5) is 6.73. The molecule has 0 aliphatic carbocycles. The van der Waals surface area contributed by atoms with E-state index in [9.17, 15) is 4.39 Å². The van der Waals surface area contributed by atoms with Gasteiger partial charge in [-0.3, -0.25) is 4.99 Å². The Morgan fingerprint density at radius 3 is 2.65 bits per heavy atom. The second-order valence-corrected chi connectivity index (χ2v) is 5.63. The van der Waals surface area contributed by atoms with Crippen molar-refractivity contribution in [2.75, 3.05) is 40.4 Å². The van der Waals surface area contributed by atoms with E-state index in [0.29, 0.717) is 13.2 Å². The van der Waals surface area contributed by atoms with E-state index in [1.807, 2.05) is 26.1 Å². The van der Waals surface area contributed by atoms with Crippen LogP contribution in [0.5, 0.6) is 0 Å². The Morgan fingerprint density at radius 1 is 1.35 bits per heavy atom. The van der Waals surface area contributed by atoms with Gasteiger partial charge in [-0.05, 0) is 38.6 Å². The van der Waals surface area contributed by atoms with E-state index < -0.39 is 0 Å². The monoisotopic (exact) mass is 324 g/mol. The summed E-state index contributed by atoms with van der Waals surface area (Å²) in [5.74, 6) is 0.597. The van der Waals surface area contributed by atoms with Gasteiger partial charge in [0.1, 0.15) is 5.82 Å². The van der Waals surface area contributed by atoms with E-state index in [0.717, 1.165) is 31.2 Å². The van der Waals surface area contributed by atoms with Crippen LogP contribution in [-0.4, -0.2) is 57.3 Å². The van der Waals surface area contributed by atoms with Gasteiger partial charge in [0.05, 0.1) is 13.2 Å². The van der Waals surface area contributed by atoms with Crippen LogP contribution in [0.1, 0.15) is 19.4 Å². The van der Waals surface area contributed by atoms with E-state index >= 15 is 0 Å². The SMILES string of the molecule is CCNC(=NCCN(C)Cc1ccc(F)cc1)NC(C)COC. The second kappa shape index (κ2) is 11.0. The smallest absolute Gasteiger partial charge is 0.191 e. The van der Waals surface area contributed by atoms with Gasteiger partial charge in [0.25, 0.3) is 0 Å². The molecule has 1 unspecified atom stereocenters. The van der Waals surface area contributed by atoms with Crippen LogP contribution in [0.4, 0.5) is 4.39 Å². The standard InChI is InChI=1S/C17H29FN4O/c1-5-19-17(21-14(2)13-23-4)20-10-11-22(3)12-15-6-8-16(18)9-7-15/h6-9,14H,5,10-13H2,1-4H3,(H2,19,20,21). The third-order valence-electron chi connectivity index (χ3n) is 3.26. The molecule has 0 spiro atoms. The number of nitrogens with zero attached hydrogens (tertiary/aromatic N) is 2. The lowest BCUT2D eigenvalue weighted by Gasteiger charge is -2.18. The highest BCUT2D eigenvalue weighted by Gasteiger charge is 2.05. The summed E-state index contributed by atoms with van der Waals surface area (Å²) < 4.78 is 18.0. The quantitative estimate of drug-likeness (QED) is 0.538. The molecule has 5 nitrogen and oxygen atoms in total. The third kappa shape index (κ3) is 8.52. The second-order valence-electron chi connectivity index (χ2n) is 5.63. The average molecular weight is 324 g/mol. The number of rotatable bonds is 9. The average Bonchev–Trinajstić information content (AvgIpc) is 2.50. The number of benzene rings is 1. The van der Waals surface area contributed by atoms with Gasteiger partial charge < -0.3 is 20.3 Å². The maximum absolute atomic E-state index is 12.9. The molecule has 0 amide bonds. The molecule has 23 heavy (non-hydrogen) atoms. The van der Waals surface area contributed by atoms with Crippen molar-refractivity contribution in [1.82, 2.24) is 15.5 Å². The largest absolute Gasteiger partial charge is 0.383 e. The van der Waals surface area contributed by atoms with Gasteiger partial charge in [-0.2, -0.15) is 0 Å². The first-order chi connectivity index (χ1) is 11.0. The molecule has 0 bridgehead atoms. The van der Waals surface area contributed by atoms with Crippen molar-refractivity contribution in [3.63, 3.8) is 0 Å². The van der Waals surface area contributed by atoms with Gasteiger partial charge in [-0.25, -0.2) is 4.39 Å². The Bertz CT molecular complexity index is 464. The van der Waals surface area contributed by atoms with Crippen LogP contribution in [0.25, 0.3) is 0 Å². The van der Waals surface area contributed by atoms with Crippen molar-refractivity contribution < 1.29 is 9.13 Å². The molecule has 1 atom stereocenters. The van der Waals surface area contributed by atoms with E-state index in [1.54, 1.807) is 7.11 Å². The first kappa shape index (κ1) is 19.4. The Morgan fingerprint density at radius 2 is 2.04 bits per heavy atom. The molecular formula is C17H29FN4O. The molecule has 1 aromatic carbocycles. The number of likely N-dealkylation sites (N-methyl/N-ethyl adjacent to an activating group) is 1. The number of guanidine groups is 1. The van der Waals surface area contributed by atoms with Crippen molar-refractivity contribution in [2.45, 2.75) is 26.4 Å². The number of hydrogen-bond donors (Lipinski definition) is 2. The van der Waals surface area contributed by atoms with Gasteiger partial charge in [0.15, 0.2) is 5.96 Å². The van der Waals surface area contributed by atoms with Crippen LogP contribution < -0.4 is 10.6 Å². The predicted octanol–water partition coefficient (Wildman–Crippen LogP) is 1.85. The fraction of sp³-hybridized carbons (Fsp3) is 0.588. The fourth-order valence-corrected chi connectivity index (χ4v) is 2.16. The fourth-order valence-electron chi connectivity index (χ4n) is 2.16. The molecule has 0 aliphatic rings. The zero-order chi connectivity index (χ0) is 17.1. The molecule has 0 aromatic heterocycles. The number of methoxy groups -OCH3 is 1. The van der Waals surface area contributed by atoms with Crippen molar-refractivity contribution in [3.05, 3.63) is 35.6 Å². The van der Waals surface area contributed by atoms with Gasteiger partial charge in [-0.15, -0.1) is 0 Å². The number of aliphatic imine (C=N–C) groups is 1. The molecule has 0 saturated carbocycles. The molecule has 0 saturated heterocycles. The molecule has 0 fully saturated rings. The van der Waals surface area contributed by atoms with Crippen LogP contribution >= 0.6 is 0 Å². The Kier molecular flexibility index (Phi) is 9.24. The number of ether oxygens (including phenoxy) is 1. The zero-order valence-electron chi connectivity index (χ0n) is 14.6. The van der Waals surface area contributed by atoms with Crippen LogP contribution in [0.2, 0.25) is 0 Å². The van der Waals surface area contributed by atoms with Crippen molar-refractivity contribution in [3.8, 4) is 0 Å². The molecule has 0 heterocycles. The molecule has 130 valence electrons. The summed E-state index contributed by atoms with van der Waals surface area (Å²) in [5.41, 5.74) is 1.09. The van der Waals surface area contributed by atoms with Crippen LogP contribution in [0.3, 0.4) is 0 Å². The van der Waals surface area contributed by atoms with Gasteiger partial charge in [-0.1, -0.05) is 12.1 Å². The lowest BCUT2D eigenvalue weighted by Crippen LogP contribution is -2.44. The summed E-state index contributed by atoms with van der Waals surface area (Å²) in [7, 11) is 3.72. The normalized spacial score (nSPS) is 13.2. The van der Waals surface area contributed by atoms with Crippen LogP contribution in [0.15, 0.2) is 29.3 Å². The van der Waals surface area contributed by atoms with E-state index in [-0.39, 0.29) is 11.9 Å². The first-order valence-electron chi connectivity index (χ1n) is 8.02. The van der Waals surface area contributed by atoms with Gasteiger partial charge in [0.2, 0.25) is 0 Å². The van der Waals surface area contributed by atoms with Gasteiger partial charge in [0, 0.05) is 32.8 Å². The zero-order valence-corrected chi connectivity index (χ0v) is 14.6. The minimum absolute atomic E-state index is 0.201. The van der Waals surface area contributed by atoms with Crippen molar-refractivity contribution >= 4 is 5.96 Å². The maximum Gasteiger partial charge on any atom is 0.191 e. The Labute approximate surface area is 138 Å². The summed E-state index contributed by atoms with van der Waals surface area (Å²) >= 11 is 0. The summed E-state index contributed by atoms with van der Waals surface area (Å²) in [6.07, 6.45) is 0. The third-order valence-corrected chi connectivity index (χ3v) is 3.26. The summed E-state index contributed by atoms with van der Waals surface area (Å²) in [6.45, 7) is 7.83. The van der Waals surface area contributed by atoms with Crippen molar-refractivity contribution in [2.24, 2.45) is 4.99 Å². The first-order valence-corrected chi connectivity index (χ1v) is 8.02. The number of hydrogen-bond acceptors (Lipinski definition) is 3. The van der Waals surface area contributed by atoms with Gasteiger partial charge >= 0.3 is 0 Å². The molecule has 1 rings (SSSR count). The summed E-state index contributed by atoms with van der Waals surface area (Å²) in [5, 5.41) is 6.53. The molecule has 1 aromatic rings. The highest BCUT2D eigenvalue weighted by molar-refractivity contribution is 5.80. The number of nitrogens with one attached hydrogen (secondary N) is 2. The van der Waals surface area contributed by atoms with Crippen LogP contribution in [-0.2, 0) is 11.3 Å². The number of halogens is 1. The molecule has 6 heteroatoms. The van der Waals surface area contributed by atoms with Crippen LogP contribution in [0, 0.1) is 5.82 Å². The lowest BCUT2D eigenvalue weighted by atomic mass is 10.2. The predicted molar refractivity (Wildman–Crippen MR) is 93.2 cm³/mol. The minimum Gasteiger partial charge on any atom is -0.383 e. The highest BCUT2D eigenvalue weighted by Crippen LogP contribution is 2.05. The van der Waals surface area contributed by atoms with E-state index in [4.69, 9.17) is 4.74 Å². The molecule has 2 N–H and O–H groups in total. The highest BCUT2D eigenvalue weighted by atomic mass is 19.1. The minimum atomic E-state index is -0.201. The molecule has 0 aliphatic heterocycles. The Balaban J connectivity index is 2.41. The topological polar surface area (TPSA) is 48.9 Å². The lowest BCUT2D eigenvalue weighted by molar-refractivity contribution is 0.179. The summed E-state index contributed by atoms with van der Waals surface area (Å²) in [6, 6.07) is 6.81. The molecule has 0 radical (unpaired) electrons. The van der Waals surface area contributed by atoms with Crippen molar-refractivity contribution in [1.29, 1.82) is 0 Å². The van der Waals surface area contributed by atoms with E-state index in [2.05, 4.69) is 27.4 Å². The Hall–Kier alpha value is -1.66. The van der Waals surface area contributed by atoms with E-state index in [1.165, 1.54) is 12.1 Å². The molecular weight excluding hydrogens is 295 g/mol.